The maximum absolute atomic E-state index is 12.4. The first-order valence-corrected chi connectivity index (χ1v) is 13.7. The van der Waals surface area contributed by atoms with E-state index >= 15 is 0 Å². The third-order valence-electron chi connectivity index (χ3n) is 5.33. The van der Waals surface area contributed by atoms with Crippen LogP contribution < -0.4 is 11.4 Å². The molecule has 35 heavy (non-hydrogen) atoms. The van der Waals surface area contributed by atoms with E-state index < -0.39 is 65.2 Å². The molecule has 0 radical (unpaired) electrons. The highest BCUT2D eigenvalue weighted by atomic mass is 31.3. The van der Waals surface area contributed by atoms with Crippen LogP contribution in [-0.2, 0) is 31.6 Å². The van der Waals surface area contributed by atoms with Crippen LogP contribution in [0.2, 0.25) is 0 Å². The van der Waals surface area contributed by atoms with Crippen molar-refractivity contribution in [3.05, 3.63) is 45.3 Å². The normalized spacial score (nSPS) is 33.1. The molecule has 1 aliphatic heterocycles. The highest BCUT2D eigenvalue weighted by Crippen LogP contribution is 2.70. The molecule has 0 spiro atoms. The lowest BCUT2D eigenvalue weighted by Gasteiger charge is -2.25. The zero-order chi connectivity index (χ0) is 26.6. The van der Waals surface area contributed by atoms with Gasteiger partial charge in [-0.3, -0.25) is 9.09 Å². The summed E-state index contributed by atoms with van der Waals surface area (Å²) < 4.78 is 53.0. The van der Waals surface area contributed by atoms with Crippen LogP contribution in [0.3, 0.4) is 0 Å². The van der Waals surface area contributed by atoms with Crippen molar-refractivity contribution >= 4 is 29.3 Å². The molecule has 3 rings (SSSR count). The van der Waals surface area contributed by atoms with Crippen LogP contribution in [0.25, 0.3) is 10.4 Å². The second kappa shape index (κ2) is 8.87. The molecule has 2 aliphatic rings. The fraction of sp³-hybridized carbons (Fsp3) is 0.538. The Balaban J connectivity index is 1.92. The van der Waals surface area contributed by atoms with Gasteiger partial charge in [-0.15, -0.1) is 6.58 Å². The molecular weight excluding hydrogens is 541 g/mol. The van der Waals surface area contributed by atoms with Gasteiger partial charge in [0.2, 0.25) is 0 Å². The third-order valence-corrected chi connectivity index (χ3v) is 9.11. The van der Waals surface area contributed by atoms with Crippen molar-refractivity contribution in [3.63, 3.8) is 0 Å². The predicted octanol–water partition coefficient (Wildman–Crippen LogP) is -0.0294. The van der Waals surface area contributed by atoms with E-state index in [0.29, 0.717) is 5.56 Å². The summed E-state index contributed by atoms with van der Waals surface area (Å²) in [6.07, 6.45) is 1.09. The zero-order valence-corrected chi connectivity index (χ0v) is 20.1. The number of nitrogens with two attached hydrogens (primary N) is 1. The zero-order valence-electron chi connectivity index (χ0n) is 17.5. The van der Waals surface area contributed by atoms with Gasteiger partial charge in [0, 0.05) is 16.7 Å². The maximum atomic E-state index is 12.4. The number of hydrogen-bond acceptors (Lipinski definition) is 12. The molecule has 2 heterocycles. The van der Waals surface area contributed by atoms with Crippen molar-refractivity contribution in [1.82, 2.24) is 9.55 Å². The van der Waals surface area contributed by atoms with Gasteiger partial charge in [0.25, 0.3) is 0 Å². The summed E-state index contributed by atoms with van der Waals surface area (Å²) in [6.45, 7) is 3.96. The smallest absolute Gasteiger partial charge is 0.385 e. The van der Waals surface area contributed by atoms with E-state index in [-0.39, 0.29) is 5.82 Å². The third kappa shape index (κ3) is 5.01. The Labute approximate surface area is 194 Å². The number of azide groups is 1. The molecule has 1 saturated carbocycles. The fourth-order valence-corrected chi connectivity index (χ4v) is 6.90. The van der Waals surface area contributed by atoms with Crippen molar-refractivity contribution in [2.24, 2.45) is 11.0 Å². The van der Waals surface area contributed by atoms with Crippen LogP contribution in [0.15, 0.2) is 28.8 Å². The van der Waals surface area contributed by atoms with Gasteiger partial charge in [-0.05, 0) is 12.5 Å². The topological polar surface area (TPSA) is 299 Å². The molecule has 2 fully saturated rings. The number of phosphoric ester groups is 1. The van der Waals surface area contributed by atoms with Crippen LogP contribution in [0.1, 0.15) is 11.8 Å². The number of hydrogen-bond donors (Lipinski definition) is 6. The number of aryl methyl sites for hydroxylation is 1. The van der Waals surface area contributed by atoms with Gasteiger partial charge < -0.3 is 35.2 Å². The summed E-state index contributed by atoms with van der Waals surface area (Å²) in [4.78, 5) is 54.8. The number of rotatable bonds is 10. The Bertz CT molecular complexity index is 1310. The number of aliphatic hydroxyl groups is 1. The summed E-state index contributed by atoms with van der Waals surface area (Å²) in [6, 6.07) is -1.45. The Morgan fingerprint density at radius 1 is 1.34 bits per heavy atom. The van der Waals surface area contributed by atoms with Crippen LogP contribution >= 0.6 is 23.5 Å². The Morgan fingerprint density at radius 2 is 1.97 bits per heavy atom. The monoisotopic (exact) mass is 560 g/mol. The van der Waals surface area contributed by atoms with Crippen molar-refractivity contribution in [2.75, 3.05) is 12.3 Å². The molecule has 0 amide bonds. The summed E-state index contributed by atoms with van der Waals surface area (Å²) in [5.74, 6) is -1.25. The summed E-state index contributed by atoms with van der Waals surface area (Å²) in [5, 5.41) is 14.6. The van der Waals surface area contributed by atoms with E-state index in [1.807, 2.05) is 0 Å². The van der Waals surface area contributed by atoms with E-state index in [2.05, 4.69) is 34.7 Å². The highest BCUT2D eigenvalue weighted by Gasteiger charge is 2.86. The number of fused-ring (bicyclic) bond motifs is 1. The van der Waals surface area contributed by atoms with Crippen LogP contribution in [-0.4, -0.2) is 58.1 Å². The van der Waals surface area contributed by atoms with Crippen LogP contribution in [0.4, 0.5) is 5.82 Å². The lowest BCUT2D eigenvalue weighted by molar-refractivity contribution is -0.0741. The molecule has 194 valence electrons. The largest absolute Gasteiger partial charge is 0.490 e. The van der Waals surface area contributed by atoms with Gasteiger partial charge in [-0.2, -0.15) is 13.6 Å². The molecular formula is C13H19N6O13P3. The number of nitrogen functional groups attached to an aromatic ring is 1. The molecule has 1 aromatic rings. The first-order chi connectivity index (χ1) is 15.9. The van der Waals surface area contributed by atoms with Crippen molar-refractivity contribution < 1.29 is 56.3 Å². The van der Waals surface area contributed by atoms with Crippen molar-refractivity contribution in [2.45, 2.75) is 30.4 Å². The van der Waals surface area contributed by atoms with Gasteiger partial charge in [0.05, 0.1) is 12.5 Å². The summed E-state index contributed by atoms with van der Waals surface area (Å²) >= 11 is 0. The van der Waals surface area contributed by atoms with Crippen LogP contribution in [0, 0.1) is 12.8 Å². The van der Waals surface area contributed by atoms with Crippen molar-refractivity contribution in [3.8, 4) is 0 Å². The molecule has 1 saturated heterocycles. The Morgan fingerprint density at radius 3 is 2.51 bits per heavy atom. The molecule has 22 heteroatoms. The van der Waals surface area contributed by atoms with Crippen molar-refractivity contribution in [1.29, 1.82) is 0 Å². The van der Waals surface area contributed by atoms with Gasteiger partial charge in [-0.1, -0.05) is 11.2 Å². The number of anilines is 1. The highest BCUT2D eigenvalue weighted by molar-refractivity contribution is 7.66. The quantitative estimate of drug-likeness (QED) is 0.0719. The molecule has 3 unspecified atom stereocenters. The average molecular weight is 560 g/mol. The second-order valence-electron chi connectivity index (χ2n) is 7.46. The predicted molar refractivity (Wildman–Crippen MR) is 112 cm³/mol. The number of aromatic nitrogens is 2. The molecule has 1 aliphatic carbocycles. The summed E-state index contributed by atoms with van der Waals surface area (Å²) in [5.41, 5.74) is 9.69. The molecule has 19 nitrogen and oxygen atoms in total. The summed E-state index contributed by atoms with van der Waals surface area (Å²) in [7, 11) is -17.1. The van der Waals surface area contributed by atoms with Gasteiger partial charge in [-0.25, -0.2) is 18.5 Å². The lowest BCUT2D eigenvalue weighted by Crippen LogP contribution is -2.36. The van der Waals surface area contributed by atoms with E-state index in [4.69, 9.17) is 25.8 Å². The number of phosphoric acid groups is 3. The Kier molecular flexibility index (Phi) is 7.00. The lowest BCUT2D eigenvalue weighted by atomic mass is 9.97. The minimum absolute atomic E-state index is 0.0717. The fourth-order valence-electron chi connectivity index (χ4n) is 3.85. The first kappa shape index (κ1) is 27.6. The van der Waals surface area contributed by atoms with E-state index in [0.717, 1.165) is 4.57 Å². The molecule has 1 aromatic heterocycles. The van der Waals surface area contributed by atoms with E-state index in [1.54, 1.807) is 0 Å². The second-order valence-corrected chi connectivity index (χ2v) is 11.9. The minimum atomic E-state index is -5.81. The first-order valence-electron chi connectivity index (χ1n) is 9.13. The number of nitrogens with zero attached hydrogens (tertiary/aromatic N) is 5. The van der Waals surface area contributed by atoms with Gasteiger partial charge in [0.1, 0.15) is 29.3 Å². The van der Waals surface area contributed by atoms with Gasteiger partial charge in [0.15, 0.2) is 0 Å². The minimum Gasteiger partial charge on any atom is -0.385 e. The molecule has 7 atom stereocenters. The Hall–Kier alpha value is -1.94. The molecule has 0 bridgehead atoms. The van der Waals surface area contributed by atoms with Gasteiger partial charge >= 0.3 is 29.2 Å². The van der Waals surface area contributed by atoms with E-state index in [9.17, 15) is 33.4 Å². The number of ether oxygens (including phenoxy) is 1. The average Bonchev–Trinajstić information content (AvgIpc) is 3.04. The standard InChI is InChI=1S/C13H19N6O13P3/c1-3-7-9(19-4-6(2)8(14)16-11(19)20)30-12(10(17-18-15)13(7,12)21)5-29-34(25,26)32-35(27,28)31-33(22,23)24/h3-4,7,9-10,21H,1,5H2,2H3,(H,25,26)(H,27,28)(H2,14,16,20)(H2,22,23,24)/t7-,9+,10?,12-,13+/m0/s1. The van der Waals surface area contributed by atoms with E-state index in [1.165, 1.54) is 19.2 Å². The van der Waals surface area contributed by atoms with Crippen LogP contribution in [0.5, 0.6) is 0 Å². The molecule has 7 N–H and O–H groups in total. The SMILES string of the molecule is C=C[C@H]1[C@H](n2cc(C)c(N)nc2=O)O[C@@]2(COP(=O)(O)OP(=O)(O)OP(=O)(O)O)C(N=[N+]=[N-])[C@]12O. The molecule has 0 aromatic carbocycles. The maximum Gasteiger partial charge on any atom is 0.490 e.